The first-order chi connectivity index (χ1) is 15.5. The van der Waals surface area contributed by atoms with E-state index < -0.39 is 0 Å². The molecule has 0 saturated heterocycles. The van der Waals surface area contributed by atoms with Gasteiger partial charge in [-0.15, -0.1) is 0 Å². The number of anilines is 5. The zero-order valence-electron chi connectivity index (χ0n) is 17.4. The van der Waals surface area contributed by atoms with E-state index in [1.54, 1.807) is 43.0 Å². The molecule has 4 aromatic rings. The molecule has 0 aliphatic carbocycles. The number of rotatable bonds is 6. The van der Waals surface area contributed by atoms with Crippen molar-refractivity contribution in [1.29, 1.82) is 0 Å². The standard InChI is InChI=1S/C23H20ClN7O/c1-14-9-16(5-7-25-14)29-17-6-8-26-22(11-17)31-23(32)20-4-3-18(12-28-20)30-21-10-15(2)27-13-19(21)24/h3-13H,1-2H3,(H,27,30)(H2,25,26,29,31,32). The van der Waals surface area contributed by atoms with Crippen LogP contribution in [0.1, 0.15) is 21.9 Å². The topological polar surface area (TPSA) is 105 Å². The molecule has 0 fully saturated rings. The number of carbonyl (C=O) groups is 1. The SMILES string of the molecule is Cc1cc(Nc2ccnc(NC(=O)c3ccc(Nc4cc(C)ncc4Cl)cn3)c2)ccn1. The molecule has 0 aromatic carbocycles. The predicted molar refractivity (Wildman–Crippen MR) is 126 cm³/mol. The van der Waals surface area contributed by atoms with Crippen LogP contribution in [0.5, 0.6) is 0 Å². The highest BCUT2D eigenvalue weighted by atomic mass is 35.5. The molecule has 0 atom stereocenters. The van der Waals surface area contributed by atoms with Crippen molar-refractivity contribution in [2.45, 2.75) is 13.8 Å². The van der Waals surface area contributed by atoms with Gasteiger partial charge in [-0.2, -0.15) is 0 Å². The number of nitrogens with one attached hydrogen (secondary N) is 3. The fourth-order valence-corrected chi connectivity index (χ4v) is 3.09. The fraction of sp³-hybridized carbons (Fsp3) is 0.0870. The summed E-state index contributed by atoms with van der Waals surface area (Å²) < 4.78 is 0. The highest BCUT2D eigenvalue weighted by Gasteiger charge is 2.10. The van der Waals surface area contributed by atoms with Crippen molar-refractivity contribution in [3.05, 3.63) is 89.4 Å². The highest BCUT2D eigenvalue weighted by Crippen LogP contribution is 2.25. The lowest BCUT2D eigenvalue weighted by Gasteiger charge is -2.10. The number of aromatic nitrogens is 4. The molecule has 8 nitrogen and oxygen atoms in total. The molecule has 4 aromatic heterocycles. The molecular weight excluding hydrogens is 426 g/mol. The average molecular weight is 446 g/mol. The van der Waals surface area contributed by atoms with Gasteiger partial charge in [-0.3, -0.25) is 14.8 Å². The lowest BCUT2D eigenvalue weighted by molar-refractivity contribution is 0.102. The Kier molecular flexibility index (Phi) is 6.23. The molecule has 160 valence electrons. The molecule has 4 heterocycles. The van der Waals surface area contributed by atoms with Crippen LogP contribution in [0.3, 0.4) is 0 Å². The Labute approximate surface area is 190 Å². The Morgan fingerprint density at radius 2 is 1.53 bits per heavy atom. The van der Waals surface area contributed by atoms with E-state index in [4.69, 9.17) is 11.6 Å². The Balaban J connectivity index is 1.42. The molecule has 0 unspecified atom stereocenters. The van der Waals surface area contributed by atoms with Crippen molar-refractivity contribution < 1.29 is 4.79 Å². The van der Waals surface area contributed by atoms with Crippen LogP contribution in [0, 0.1) is 13.8 Å². The van der Waals surface area contributed by atoms with E-state index in [0.29, 0.717) is 16.5 Å². The van der Waals surface area contributed by atoms with Crippen LogP contribution in [-0.2, 0) is 0 Å². The lowest BCUT2D eigenvalue weighted by Crippen LogP contribution is -2.14. The summed E-state index contributed by atoms with van der Waals surface area (Å²) in [6.45, 7) is 3.80. The molecule has 0 aliphatic rings. The van der Waals surface area contributed by atoms with Gasteiger partial charge in [0.2, 0.25) is 0 Å². The summed E-state index contributed by atoms with van der Waals surface area (Å²) in [5.41, 5.74) is 5.11. The second-order valence-corrected chi connectivity index (χ2v) is 7.46. The van der Waals surface area contributed by atoms with Crippen LogP contribution in [-0.4, -0.2) is 25.8 Å². The van der Waals surface area contributed by atoms with Gasteiger partial charge in [-0.25, -0.2) is 9.97 Å². The summed E-state index contributed by atoms with van der Waals surface area (Å²) in [6.07, 6.45) is 6.50. The molecule has 0 saturated carbocycles. The van der Waals surface area contributed by atoms with E-state index in [2.05, 4.69) is 35.9 Å². The smallest absolute Gasteiger partial charge is 0.275 e. The second kappa shape index (κ2) is 9.40. The van der Waals surface area contributed by atoms with Gasteiger partial charge in [-0.1, -0.05) is 11.6 Å². The van der Waals surface area contributed by atoms with Crippen molar-refractivity contribution in [2.24, 2.45) is 0 Å². The summed E-state index contributed by atoms with van der Waals surface area (Å²) in [7, 11) is 0. The van der Waals surface area contributed by atoms with E-state index in [9.17, 15) is 4.79 Å². The number of aryl methyl sites for hydroxylation is 2. The lowest BCUT2D eigenvalue weighted by atomic mass is 10.3. The number of amides is 1. The maximum Gasteiger partial charge on any atom is 0.275 e. The minimum atomic E-state index is -0.362. The Bertz CT molecular complexity index is 1260. The van der Waals surface area contributed by atoms with Crippen molar-refractivity contribution in [1.82, 2.24) is 19.9 Å². The molecule has 0 bridgehead atoms. The third kappa shape index (κ3) is 5.35. The van der Waals surface area contributed by atoms with Gasteiger partial charge in [-0.05, 0) is 50.2 Å². The molecule has 32 heavy (non-hydrogen) atoms. The number of pyridine rings is 4. The summed E-state index contributed by atoms with van der Waals surface area (Å²) in [5, 5.41) is 9.70. The fourth-order valence-electron chi connectivity index (χ4n) is 2.94. The zero-order valence-corrected chi connectivity index (χ0v) is 18.2. The number of halogens is 1. The molecule has 3 N–H and O–H groups in total. The predicted octanol–water partition coefficient (Wildman–Crippen LogP) is 5.28. The van der Waals surface area contributed by atoms with Crippen molar-refractivity contribution in [3.63, 3.8) is 0 Å². The van der Waals surface area contributed by atoms with Crippen LogP contribution in [0.4, 0.5) is 28.6 Å². The number of nitrogens with zero attached hydrogens (tertiary/aromatic N) is 4. The van der Waals surface area contributed by atoms with Crippen molar-refractivity contribution in [3.8, 4) is 0 Å². The summed E-state index contributed by atoms with van der Waals surface area (Å²) in [4.78, 5) is 29.4. The van der Waals surface area contributed by atoms with Gasteiger partial charge < -0.3 is 16.0 Å². The van der Waals surface area contributed by atoms with E-state index >= 15 is 0 Å². The molecule has 1 amide bonds. The third-order valence-electron chi connectivity index (χ3n) is 4.45. The summed E-state index contributed by atoms with van der Waals surface area (Å²) in [5.74, 6) is 0.0487. The zero-order chi connectivity index (χ0) is 22.5. The first-order valence-electron chi connectivity index (χ1n) is 9.78. The minimum Gasteiger partial charge on any atom is -0.355 e. The number of hydrogen-bond donors (Lipinski definition) is 3. The first kappa shape index (κ1) is 21.2. The average Bonchev–Trinajstić information content (AvgIpc) is 2.77. The summed E-state index contributed by atoms with van der Waals surface area (Å²) >= 11 is 6.16. The Morgan fingerprint density at radius 1 is 0.781 bits per heavy atom. The number of carbonyl (C=O) groups excluding carboxylic acids is 1. The van der Waals surface area contributed by atoms with Crippen LogP contribution in [0.2, 0.25) is 5.02 Å². The quantitative estimate of drug-likeness (QED) is 0.371. The van der Waals surface area contributed by atoms with E-state index in [-0.39, 0.29) is 11.6 Å². The van der Waals surface area contributed by atoms with E-state index in [1.807, 2.05) is 38.1 Å². The van der Waals surface area contributed by atoms with Gasteiger partial charge >= 0.3 is 0 Å². The van der Waals surface area contributed by atoms with E-state index in [0.717, 1.165) is 28.5 Å². The maximum atomic E-state index is 12.6. The molecule has 4 rings (SSSR count). The normalized spacial score (nSPS) is 10.5. The Hall–Kier alpha value is -4.04. The van der Waals surface area contributed by atoms with Crippen LogP contribution >= 0.6 is 11.6 Å². The van der Waals surface area contributed by atoms with Crippen molar-refractivity contribution in [2.75, 3.05) is 16.0 Å². The third-order valence-corrected chi connectivity index (χ3v) is 4.76. The molecular formula is C23H20ClN7O. The van der Waals surface area contributed by atoms with Gasteiger partial charge in [0.05, 0.1) is 22.6 Å². The monoisotopic (exact) mass is 445 g/mol. The molecule has 0 spiro atoms. The van der Waals surface area contributed by atoms with Crippen LogP contribution in [0.15, 0.2) is 67.3 Å². The van der Waals surface area contributed by atoms with Gasteiger partial charge in [0.25, 0.3) is 5.91 Å². The summed E-state index contributed by atoms with van der Waals surface area (Å²) in [6, 6.07) is 12.6. The molecule has 0 radical (unpaired) electrons. The van der Waals surface area contributed by atoms with E-state index in [1.165, 1.54) is 0 Å². The Morgan fingerprint density at radius 3 is 2.28 bits per heavy atom. The van der Waals surface area contributed by atoms with Crippen LogP contribution in [0.25, 0.3) is 0 Å². The van der Waals surface area contributed by atoms with Gasteiger partial charge in [0.1, 0.15) is 11.5 Å². The maximum absolute atomic E-state index is 12.6. The molecule has 9 heteroatoms. The second-order valence-electron chi connectivity index (χ2n) is 7.06. The van der Waals surface area contributed by atoms with Crippen LogP contribution < -0.4 is 16.0 Å². The van der Waals surface area contributed by atoms with Gasteiger partial charge in [0.15, 0.2) is 0 Å². The number of hydrogen-bond acceptors (Lipinski definition) is 7. The first-order valence-corrected chi connectivity index (χ1v) is 10.2. The van der Waals surface area contributed by atoms with Gasteiger partial charge in [0, 0.05) is 47.4 Å². The highest BCUT2D eigenvalue weighted by molar-refractivity contribution is 6.33. The van der Waals surface area contributed by atoms with Crippen molar-refractivity contribution >= 4 is 46.1 Å². The molecule has 0 aliphatic heterocycles. The largest absolute Gasteiger partial charge is 0.355 e. The minimum absolute atomic E-state index is 0.262.